The number of nitro groups is 1. The van der Waals surface area contributed by atoms with Crippen LogP contribution in [0.2, 0.25) is 5.15 Å². The molecule has 0 aliphatic heterocycles. The van der Waals surface area contributed by atoms with E-state index in [4.69, 9.17) is 11.6 Å². The van der Waals surface area contributed by atoms with Crippen LogP contribution in [-0.4, -0.2) is 18.3 Å². The highest BCUT2D eigenvalue weighted by molar-refractivity contribution is 7.89. The lowest BCUT2D eigenvalue weighted by molar-refractivity contribution is -0.392. The first-order valence-electron chi connectivity index (χ1n) is 3.80. The van der Waals surface area contributed by atoms with Gasteiger partial charge in [-0.1, -0.05) is 0 Å². The van der Waals surface area contributed by atoms with Gasteiger partial charge in [-0.15, -0.1) is 0 Å². The zero-order chi connectivity index (χ0) is 13.4. The lowest BCUT2D eigenvalue weighted by atomic mass is 10.2. The second-order valence-electron chi connectivity index (χ2n) is 2.79. The first kappa shape index (κ1) is 13.7. The van der Waals surface area contributed by atoms with Crippen LogP contribution in [0.25, 0.3) is 0 Å². The number of hydrogen-bond acceptors (Lipinski definition) is 5. The molecule has 0 aliphatic carbocycles. The molecule has 1 rings (SSSR count). The van der Waals surface area contributed by atoms with Gasteiger partial charge in [0, 0.05) is 6.07 Å². The van der Waals surface area contributed by atoms with E-state index in [1.165, 1.54) is 0 Å². The van der Waals surface area contributed by atoms with Crippen LogP contribution in [0.1, 0.15) is 12.0 Å². The number of rotatable bonds is 3. The summed E-state index contributed by atoms with van der Waals surface area (Å²) in [7, 11) is -4.71. The zero-order valence-electron chi connectivity index (χ0n) is 7.80. The third-order valence-electron chi connectivity index (χ3n) is 1.65. The van der Waals surface area contributed by atoms with Gasteiger partial charge >= 0.3 is 5.82 Å². The number of nitrogens with zero attached hydrogens (tertiary/aromatic N) is 2. The molecule has 0 amide bonds. The summed E-state index contributed by atoms with van der Waals surface area (Å²) < 4.78 is 47.2. The Hall–Kier alpha value is -1.39. The Bertz CT molecular complexity index is 577. The molecule has 0 saturated heterocycles. The van der Waals surface area contributed by atoms with Crippen molar-refractivity contribution in [3.8, 4) is 0 Å². The Balaban J connectivity index is 3.79. The Morgan fingerprint density at radius 3 is 2.41 bits per heavy atom. The molecule has 0 saturated carbocycles. The van der Waals surface area contributed by atoms with Crippen molar-refractivity contribution in [3.63, 3.8) is 0 Å². The number of halogens is 3. The summed E-state index contributed by atoms with van der Waals surface area (Å²) in [6.07, 6.45) is -3.29. The molecule has 7 nitrogen and oxygen atoms in total. The normalized spacial score (nSPS) is 11.8. The van der Waals surface area contributed by atoms with E-state index in [1.54, 1.807) is 0 Å². The van der Waals surface area contributed by atoms with Crippen LogP contribution >= 0.6 is 11.6 Å². The largest absolute Gasteiger partial charge is 0.385 e. The van der Waals surface area contributed by atoms with E-state index in [0.29, 0.717) is 6.07 Å². The summed E-state index contributed by atoms with van der Waals surface area (Å²) >= 11 is 5.28. The van der Waals surface area contributed by atoms with Crippen LogP contribution in [0.3, 0.4) is 0 Å². The van der Waals surface area contributed by atoms with Crippen LogP contribution in [0.5, 0.6) is 0 Å². The Morgan fingerprint density at radius 1 is 1.53 bits per heavy atom. The van der Waals surface area contributed by atoms with E-state index < -0.39 is 42.8 Å². The fourth-order valence-electron chi connectivity index (χ4n) is 1.08. The molecule has 1 aromatic heterocycles. The highest BCUT2D eigenvalue weighted by atomic mass is 35.5. The summed E-state index contributed by atoms with van der Waals surface area (Å²) in [5.74, 6) is -1.32. The Kier molecular flexibility index (Phi) is 3.59. The maximum Gasteiger partial charge on any atom is 0.385 e. The molecule has 11 heteroatoms. The lowest BCUT2D eigenvalue weighted by Crippen LogP contribution is -2.18. The topological polar surface area (TPSA) is 116 Å². The predicted molar refractivity (Wildman–Crippen MR) is 52.2 cm³/mol. The van der Waals surface area contributed by atoms with E-state index in [1.807, 2.05) is 0 Å². The molecule has 17 heavy (non-hydrogen) atoms. The van der Waals surface area contributed by atoms with Gasteiger partial charge in [0.05, 0.1) is 5.56 Å². The minimum absolute atomic E-state index is 0.513. The Labute approximate surface area is 98.4 Å². The second kappa shape index (κ2) is 4.47. The summed E-state index contributed by atoms with van der Waals surface area (Å²) in [5, 5.41) is 14.5. The van der Waals surface area contributed by atoms with Crippen molar-refractivity contribution in [2.75, 3.05) is 0 Å². The van der Waals surface area contributed by atoms with Crippen molar-refractivity contribution in [1.29, 1.82) is 0 Å². The molecule has 1 aromatic rings. The number of sulfonamides is 1. The van der Waals surface area contributed by atoms with E-state index in [-0.39, 0.29) is 0 Å². The number of hydrogen-bond donors (Lipinski definition) is 1. The van der Waals surface area contributed by atoms with Gasteiger partial charge < -0.3 is 10.1 Å². The van der Waals surface area contributed by atoms with E-state index in [2.05, 4.69) is 10.1 Å². The summed E-state index contributed by atoms with van der Waals surface area (Å²) in [6, 6.07) is 0.513. The fraction of sp³-hybridized carbons (Fsp3) is 0.167. The van der Waals surface area contributed by atoms with Gasteiger partial charge in [0.2, 0.25) is 15.2 Å². The van der Waals surface area contributed by atoms with Crippen LogP contribution < -0.4 is 5.14 Å². The highest BCUT2D eigenvalue weighted by Crippen LogP contribution is 2.33. The number of primary sulfonamides is 1. The molecule has 0 unspecified atom stereocenters. The molecule has 0 radical (unpaired) electrons. The fourth-order valence-corrected chi connectivity index (χ4v) is 2.13. The summed E-state index contributed by atoms with van der Waals surface area (Å²) in [6.45, 7) is 0. The average Bonchev–Trinajstić information content (AvgIpc) is 2.14. The standard InChI is InChI=1S/C6H4ClF2N3O4S/c7-3-1-2(5(8)9)4(17(10,15)16)6(11-3)12(13)14/h1,5H,(H2,10,15,16). The minimum atomic E-state index is -4.71. The van der Waals surface area contributed by atoms with Crippen molar-refractivity contribution in [2.24, 2.45) is 5.14 Å². The van der Waals surface area contributed by atoms with Crippen molar-refractivity contribution < 1.29 is 22.1 Å². The molecule has 0 fully saturated rings. The predicted octanol–water partition coefficient (Wildman–Crippen LogP) is 1.23. The summed E-state index contributed by atoms with van der Waals surface area (Å²) in [5.41, 5.74) is -1.15. The van der Waals surface area contributed by atoms with Gasteiger partial charge in [-0.25, -0.2) is 22.3 Å². The van der Waals surface area contributed by atoms with Gasteiger partial charge in [0.15, 0.2) is 4.90 Å². The third-order valence-corrected chi connectivity index (χ3v) is 2.83. The van der Waals surface area contributed by atoms with Gasteiger partial charge in [0.1, 0.15) is 0 Å². The SMILES string of the molecule is NS(=O)(=O)c1c(C(F)F)cc(Cl)nc1[N+](=O)[O-]. The molecule has 0 aliphatic rings. The average molecular weight is 288 g/mol. The molecule has 0 spiro atoms. The molecule has 0 aromatic carbocycles. The maximum atomic E-state index is 12.6. The van der Waals surface area contributed by atoms with Gasteiger partial charge in [-0.3, -0.25) is 0 Å². The van der Waals surface area contributed by atoms with E-state index in [9.17, 15) is 27.3 Å². The van der Waals surface area contributed by atoms with Crippen molar-refractivity contribution in [3.05, 3.63) is 26.9 Å². The van der Waals surface area contributed by atoms with Crippen LogP contribution in [0.15, 0.2) is 11.0 Å². The first-order valence-corrected chi connectivity index (χ1v) is 5.72. The molecule has 2 N–H and O–H groups in total. The van der Waals surface area contributed by atoms with Crippen LogP contribution in [-0.2, 0) is 10.0 Å². The Morgan fingerprint density at radius 2 is 2.06 bits per heavy atom. The third kappa shape index (κ3) is 2.84. The number of nitrogens with two attached hydrogens (primary N) is 1. The number of alkyl halides is 2. The first-order chi connectivity index (χ1) is 7.64. The number of aromatic nitrogens is 1. The lowest BCUT2D eigenvalue weighted by Gasteiger charge is -2.06. The maximum absolute atomic E-state index is 12.6. The summed E-state index contributed by atoms with van der Waals surface area (Å²) in [4.78, 5) is 11.0. The quantitative estimate of drug-likeness (QED) is 0.510. The zero-order valence-corrected chi connectivity index (χ0v) is 9.37. The van der Waals surface area contributed by atoms with E-state index >= 15 is 0 Å². The van der Waals surface area contributed by atoms with Crippen LogP contribution in [0, 0.1) is 10.1 Å². The monoisotopic (exact) mass is 287 g/mol. The van der Waals surface area contributed by atoms with Crippen molar-refractivity contribution >= 4 is 27.4 Å². The van der Waals surface area contributed by atoms with Gasteiger partial charge in [-0.2, -0.15) is 0 Å². The van der Waals surface area contributed by atoms with Crippen molar-refractivity contribution in [1.82, 2.24) is 4.98 Å². The van der Waals surface area contributed by atoms with Crippen LogP contribution in [0.4, 0.5) is 14.6 Å². The minimum Gasteiger partial charge on any atom is -0.358 e. The highest BCUT2D eigenvalue weighted by Gasteiger charge is 2.33. The smallest absolute Gasteiger partial charge is 0.358 e. The van der Waals surface area contributed by atoms with Gasteiger partial charge in [0.25, 0.3) is 6.43 Å². The molecule has 1 heterocycles. The molecule has 0 bridgehead atoms. The second-order valence-corrected chi connectivity index (χ2v) is 4.68. The molecular weight excluding hydrogens is 284 g/mol. The molecule has 94 valence electrons. The van der Waals surface area contributed by atoms with Gasteiger partial charge in [-0.05, 0) is 21.5 Å². The molecule has 0 atom stereocenters. The van der Waals surface area contributed by atoms with E-state index in [0.717, 1.165) is 0 Å². The van der Waals surface area contributed by atoms with Crippen molar-refractivity contribution in [2.45, 2.75) is 11.3 Å². The number of pyridine rings is 1. The molecular formula is C6H4ClF2N3O4S.